The summed E-state index contributed by atoms with van der Waals surface area (Å²) in [6.07, 6.45) is 5.56. The van der Waals surface area contributed by atoms with Gasteiger partial charge in [-0.15, -0.1) is 0 Å². The zero-order valence-corrected chi connectivity index (χ0v) is 13.3. The fourth-order valence-corrected chi connectivity index (χ4v) is 3.77. The second-order valence-corrected chi connectivity index (χ2v) is 7.32. The van der Waals surface area contributed by atoms with Crippen LogP contribution in [0.5, 0.6) is 0 Å². The number of benzene rings is 1. The summed E-state index contributed by atoms with van der Waals surface area (Å²) in [6.45, 7) is 3.18. The maximum atomic E-state index is 13.5. The molecule has 0 atom stereocenters. The van der Waals surface area contributed by atoms with E-state index in [4.69, 9.17) is 0 Å². The highest BCUT2D eigenvalue weighted by Gasteiger charge is 2.19. The molecule has 1 aromatic carbocycles. The number of hydrogen-bond acceptors (Lipinski definition) is 3. The van der Waals surface area contributed by atoms with Gasteiger partial charge in [0.25, 0.3) is 0 Å². The molecule has 1 fully saturated rings. The van der Waals surface area contributed by atoms with Crippen LogP contribution in [-0.4, -0.2) is 39.5 Å². The lowest BCUT2D eigenvalue weighted by atomic mass is 10.2. The van der Waals surface area contributed by atoms with Gasteiger partial charge < -0.3 is 4.90 Å². The zero-order valence-electron chi connectivity index (χ0n) is 12.5. The van der Waals surface area contributed by atoms with Crippen molar-refractivity contribution in [3.8, 4) is 0 Å². The second-order valence-electron chi connectivity index (χ2n) is 5.58. The van der Waals surface area contributed by atoms with Crippen molar-refractivity contribution < 1.29 is 17.2 Å². The van der Waals surface area contributed by atoms with E-state index in [1.807, 2.05) is 0 Å². The SMILES string of the molecule is O=S(=O)(NCCCN1CCCCCC1)c1ccc(F)cc1F. The third kappa shape index (κ3) is 5.00. The molecule has 0 saturated carbocycles. The van der Waals surface area contributed by atoms with Crippen LogP contribution in [0.3, 0.4) is 0 Å². The predicted molar refractivity (Wildman–Crippen MR) is 81.1 cm³/mol. The van der Waals surface area contributed by atoms with E-state index >= 15 is 0 Å². The molecule has 7 heteroatoms. The molecule has 1 aromatic rings. The molecule has 0 unspecified atom stereocenters. The van der Waals surface area contributed by atoms with E-state index in [1.165, 1.54) is 25.7 Å². The molecule has 1 aliphatic heterocycles. The molecule has 0 spiro atoms. The maximum absolute atomic E-state index is 13.5. The number of halogens is 2. The van der Waals surface area contributed by atoms with Crippen LogP contribution in [0, 0.1) is 11.6 Å². The van der Waals surface area contributed by atoms with Crippen molar-refractivity contribution in [3.63, 3.8) is 0 Å². The minimum absolute atomic E-state index is 0.246. The number of nitrogens with one attached hydrogen (secondary N) is 1. The minimum atomic E-state index is -3.93. The van der Waals surface area contributed by atoms with Crippen LogP contribution in [0.4, 0.5) is 8.78 Å². The number of sulfonamides is 1. The van der Waals surface area contributed by atoms with Crippen LogP contribution in [0.1, 0.15) is 32.1 Å². The fourth-order valence-electron chi connectivity index (χ4n) is 2.64. The summed E-state index contributed by atoms with van der Waals surface area (Å²) in [5.74, 6) is -1.86. The zero-order chi connectivity index (χ0) is 16.0. The normalized spacial score (nSPS) is 17.4. The average molecular weight is 332 g/mol. The first kappa shape index (κ1) is 17.3. The first-order valence-electron chi connectivity index (χ1n) is 7.66. The molecule has 2 rings (SSSR count). The van der Waals surface area contributed by atoms with Crippen LogP contribution < -0.4 is 4.72 Å². The molecule has 22 heavy (non-hydrogen) atoms. The topological polar surface area (TPSA) is 49.4 Å². The van der Waals surface area contributed by atoms with E-state index in [1.54, 1.807) is 0 Å². The monoisotopic (exact) mass is 332 g/mol. The number of rotatable bonds is 6. The molecule has 0 aromatic heterocycles. The van der Waals surface area contributed by atoms with Gasteiger partial charge in [0.1, 0.15) is 16.5 Å². The summed E-state index contributed by atoms with van der Waals surface area (Å²) in [5.41, 5.74) is 0. The van der Waals surface area contributed by atoms with Gasteiger partial charge in [-0.1, -0.05) is 12.8 Å². The lowest BCUT2D eigenvalue weighted by Gasteiger charge is -2.19. The molecule has 4 nitrogen and oxygen atoms in total. The van der Waals surface area contributed by atoms with Gasteiger partial charge in [0.05, 0.1) is 0 Å². The third-order valence-electron chi connectivity index (χ3n) is 3.83. The van der Waals surface area contributed by atoms with Crippen LogP contribution in [-0.2, 0) is 10.0 Å². The van der Waals surface area contributed by atoms with Crippen molar-refractivity contribution in [1.82, 2.24) is 9.62 Å². The standard InChI is InChI=1S/C15H22F2N2O2S/c16-13-6-7-15(14(17)12-13)22(20,21)18-8-5-11-19-9-3-1-2-4-10-19/h6-7,12,18H,1-5,8-11H2. The number of likely N-dealkylation sites (tertiary alicyclic amines) is 1. The van der Waals surface area contributed by atoms with Crippen molar-refractivity contribution in [3.05, 3.63) is 29.8 Å². The second kappa shape index (κ2) is 7.99. The molecule has 1 aliphatic rings. The Labute approximate surface area is 130 Å². The Kier molecular flexibility index (Phi) is 6.28. The summed E-state index contributed by atoms with van der Waals surface area (Å²) in [5, 5.41) is 0. The van der Waals surface area contributed by atoms with E-state index in [2.05, 4.69) is 9.62 Å². The summed E-state index contributed by atoms with van der Waals surface area (Å²) in [4.78, 5) is 1.82. The van der Waals surface area contributed by atoms with Gasteiger partial charge in [-0.3, -0.25) is 0 Å². The Hall–Kier alpha value is -1.05. The first-order chi connectivity index (χ1) is 10.5. The summed E-state index contributed by atoms with van der Waals surface area (Å²) in [6, 6.07) is 2.46. The van der Waals surface area contributed by atoms with Crippen molar-refractivity contribution in [2.45, 2.75) is 37.0 Å². The Bertz CT molecular complexity index is 585. The van der Waals surface area contributed by atoms with E-state index < -0.39 is 26.6 Å². The van der Waals surface area contributed by atoms with E-state index in [-0.39, 0.29) is 6.54 Å². The van der Waals surface area contributed by atoms with E-state index in [0.29, 0.717) is 12.5 Å². The first-order valence-corrected chi connectivity index (χ1v) is 9.14. The van der Waals surface area contributed by atoms with Gasteiger partial charge in [-0.05, 0) is 51.0 Å². The third-order valence-corrected chi connectivity index (χ3v) is 5.32. The maximum Gasteiger partial charge on any atom is 0.243 e. The van der Waals surface area contributed by atoms with Crippen molar-refractivity contribution in [2.24, 2.45) is 0 Å². The van der Waals surface area contributed by atoms with Gasteiger partial charge in [-0.25, -0.2) is 21.9 Å². The highest BCUT2D eigenvalue weighted by molar-refractivity contribution is 7.89. The summed E-state index contributed by atoms with van der Waals surface area (Å²) < 4.78 is 52.7. The number of hydrogen-bond donors (Lipinski definition) is 1. The molecular weight excluding hydrogens is 310 g/mol. The highest BCUT2D eigenvalue weighted by Crippen LogP contribution is 2.15. The Morgan fingerprint density at radius 1 is 1.09 bits per heavy atom. The molecule has 1 N–H and O–H groups in total. The van der Waals surface area contributed by atoms with Crippen LogP contribution >= 0.6 is 0 Å². The van der Waals surface area contributed by atoms with Crippen LogP contribution in [0.15, 0.2) is 23.1 Å². The molecule has 0 amide bonds. The van der Waals surface area contributed by atoms with E-state index in [9.17, 15) is 17.2 Å². The largest absolute Gasteiger partial charge is 0.303 e. The molecule has 1 saturated heterocycles. The Morgan fingerprint density at radius 2 is 1.77 bits per heavy atom. The average Bonchev–Trinajstić information content (AvgIpc) is 2.72. The van der Waals surface area contributed by atoms with Gasteiger partial charge in [0, 0.05) is 12.6 Å². The quantitative estimate of drug-likeness (QED) is 0.815. The van der Waals surface area contributed by atoms with Crippen molar-refractivity contribution in [1.29, 1.82) is 0 Å². The van der Waals surface area contributed by atoms with Gasteiger partial charge >= 0.3 is 0 Å². The van der Waals surface area contributed by atoms with Crippen LogP contribution in [0.25, 0.3) is 0 Å². The molecule has 0 aliphatic carbocycles. The highest BCUT2D eigenvalue weighted by atomic mass is 32.2. The van der Waals surface area contributed by atoms with E-state index in [0.717, 1.165) is 31.8 Å². The molecular formula is C15H22F2N2O2S. The predicted octanol–water partition coefficient (Wildman–Crippen LogP) is 2.51. The molecule has 0 radical (unpaired) electrons. The molecule has 1 heterocycles. The van der Waals surface area contributed by atoms with Crippen molar-refractivity contribution >= 4 is 10.0 Å². The summed E-state index contributed by atoms with van der Waals surface area (Å²) in [7, 11) is -3.93. The Balaban J connectivity index is 1.82. The lowest BCUT2D eigenvalue weighted by Crippen LogP contribution is -2.31. The van der Waals surface area contributed by atoms with Gasteiger partial charge in [0.2, 0.25) is 10.0 Å². The number of nitrogens with zero attached hydrogens (tertiary/aromatic N) is 1. The lowest BCUT2D eigenvalue weighted by molar-refractivity contribution is 0.282. The summed E-state index contributed by atoms with van der Waals surface area (Å²) >= 11 is 0. The van der Waals surface area contributed by atoms with Gasteiger partial charge in [0.15, 0.2) is 0 Å². The fraction of sp³-hybridized carbons (Fsp3) is 0.600. The smallest absolute Gasteiger partial charge is 0.243 e. The molecule has 124 valence electrons. The Morgan fingerprint density at radius 3 is 2.41 bits per heavy atom. The van der Waals surface area contributed by atoms with Crippen molar-refractivity contribution in [2.75, 3.05) is 26.2 Å². The van der Waals surface area contributed by atoms with Gasteiger partial charge in [-0.2, -0.15) is 0 Å². The minimum Gasteiger partial charge on any atom is -0.303 e. The van der Waals surface area contributed by atoms with Crippen LogP contribution in [0.2, 0.25) is 0 Å². The molecule has 0 bridgehead atoms.